The zero-order valence-corrected chi connectivity index (χ0v) is 11.0. The van der Waals surface area contributed by atoms with Gasteiger partial charge in [0.25, 0.3) is 5.91 Å². The van der Waals surface area contributed by atoms with Gasteiger partial charge < -0.3 is 15.5 Å². The van der Waals surface area contributed by atoms with Gasteiger partial charge in [-0.3, -0.25) is 4.79 Å². The van der Waals surface area contributed by atoms with Gasteiger partial charge in [0.2, 0.25) is 0 Å². The molecule has 2 aromatic carbocycles. The van der Waals surface area contributed by atoms with E-state index in [1.165, 1.54) is 0 Å². The molecular formula is C16H11N3O2. The lowest BCUT2D eigenvalue weighted by Crippen LogP contribution is -2.10. The number of hydrogen-bond donors (Lipinski definition) is 2. The molecule has 3 N–H and O–H groups in total. The molecule has 0 spiro atoms. The van der Waals surface area contributed by atoms with Crippen molar-refractivity contribution >= 4 is 28.3 Å². The van der Waals surface area contributed by atoms with Crippen LogP contribution in [-0.4, -0.2) is 5.91 Å². The maximum absolute atomic E-state index is 12.1. The molecule has 1 aromatic heterocycles. The highest BCUT2D eigenvalue weighted by Crippen LogP contribution is 2.22. The summed E-state index contributed by atoms with van der Waals surface area (Å²) < 4.78 is 5.48. The van der Waals surface area contributed by atoms with Gasteiger partial charge in [-0.2, -0.15) is 5.26 Å². The Morgan fingerprint density at radius 3 is 2.62 bits per heavy atom. The number of furan rings is 1. The monoisotopic (exact) mass is 277 g/mol. The highest BCUT2D eigenvalue weighted by atomic mass is 16.3. The highest BCUT2D eigenvalue weighted by molar-refractivity contribution is 6.04. The van der Waals surface area contributed by atoms with Crippen LogP contribution in [0.5, 0.6) is 0 Å². The van der Waals surface area contributed by atoms with Crippen LogP contribution in [-0.2, 0) is 0 Å². The Morgan fingerprint density at radius 1 is 1.14 bits per heavy atom. The molecule has 0 bridgehead atoms. The van der Waals surface area contributed by atoms with Gasteiger partial charge in [-0.15, -0.1) is 0 Å². The van der Waals surface area contributed by atoms with Crippen LogP contribution in [0.15, 0.2) is 52.9 Å². The number of nitrogens with one attached hydrogen (secondary N) is 1. The van der Waals surface area contributed by atoms with E-state index in [-0.39, 0.29) is 11.7 Å². The predicted molar refractivity (Wildman–Crippen MR) is 79.7 cm³/mol. The number of nitrogen functional groups attached to an aromatic ring is 1. The van der Waals surface area contributed by atoms with Crippen molar-refractivity contribution in [1.29, 1.82) is 5.26 Å². The van der Waals surface area contributed by atoms with E-state index in [9.17, 15) is 4.79 Å². The second kappa shape index (κ2) is 5.02. The van der Waals surface area contributed by atoms with Crippen LogP contribution >= 0.6 is 0 Å². The highest BCUT2D eigenvalue weighted by Gasteiger charge is 2.12. The lowest BCUT2D eigenvalue weighted by Gasteiger charge is -2.02. The molecular weight excluding hydrogens is 266 g/mol. The Bertz CT molecular complexity index is 857. The predicted octanol–water partition coefficient (Wildman–Crippen LogP) is 3.14. The molecule has 1 heterocycles. The first-order valence-corrected chi connectivity index (χ1v) is 6.26. The van der Waals surface area contributed by atoms with E-state index in [0.29, 0.717) is 22.5 Å². The summed E-state index contributed by atoms with van der Waals surface area (Å²) in [6, 6.07) is 15.4. The average molecular weight is 277 g/mol. The second-order valence-electron chi connectivity index (χ2n) is 4.55. The Kier molecular flexibility index (Phi) is 3.05. The summed E-state index contributed by atoms with van der Waals surface area (Å²) in [5.41, 5.74) is 8.04. The number of fused-ring (bicyclic) bond motifs is 1. The van der Waals surface area contributed by atoms with Gasteiger partial charge in [0.1, 0.15) is 5.58 Å². The molecule has 0 saturated carbocycles. The second-order valence-corrected chi connectivity index (χ2v) is 4.55. The smallest absolute Gasteiger partial charge is 0.291 e. The molecule has 5 heteroatoms. The van der Waals surface area contributed by atoms with Crippen molar-refractivity contribution in [1.82, 2.24) is 0 Å². The third-order valence-electron chi connectivity index (χ3n) is 3.04. The van der Waals surface area contributed by atoms with Gasteiger partial charge >= 0.3 is 0 Å². The molecule has 0 aliphatic heterocycles. The molecule has 1 amide bonds. The number of nitrogens with zero attached hydrogens (tertiary/aromatic N) is 1. The number of hydrogen-bond acceptors (Lipinski definition) is 4. The van der Waals surface area contributed by atoms with E-state index in [4.69, 9.17) is 15.4 Å². The van der Waals surface area contributed by atoms with E-state index in [2.05, 4.69) is 5.32 Å². The first kappa shape index (κ1) is 12.8. The molecule has 0 radical (unpaired) electrons. The van der Waals surface area contributed by atoms with Crippen molar-refractivity contribution in [3.8, 4) is 6.07 Å². The summed E-state index contributed by atoms with van der Waals surface area (Å²) in [5, 5.41) is 12.2. The number of carbonyl (C=O) groups is 1. The number of nitrogens with two attached hydrogens (primary N) is 1. The largest absolute Gasteiger partial charge is 0.451 e. The SMILES string of the molecule is N#Cc1ccc(NC(=O)c2cc3cc(N)ccc3o2)cc1. The molecule has 0 fully saturated rings. The minimum Gasteiger partial charge on any atom is -0.451 e. The molecule has 5 nitrogen and oxygen atoms in total. The topological polar surface area (TPSA) is 92.0 Å². The number of carbonyl (C=O) groups excluding carboxylic acids is 1. The average Bonchev–Trinajstić information content (AvgIpc) is 2.91. The van der Waals surface area contributed by atoms with Crippen LogP contribution in [0.2, 0.25) is 0 Å². The molecule has 3 aromatic rings. The number of benzene rings is 2. The van der Waals surface area contributed by atoms with E-state index in [1.54, 1.807) is 48.5 Å². The first-order chi connectivity index (χ1) is 10.2. The number of anilines is 2. The van der Waals surface area contributed by atoms with E-state index >= 15 is 0 Å². The fourth-order valence-corrected chi connectivity index (χ4v) is 1.99. The standard InChI is InChI=1S/C16H11N3O2/c17-9-10-1-4-13(5-2-10)19-16(20)15-8-11-7-12(18)3-6-14(11)21-15/h1-8H,18H2,(H,19,20). The summed E-state index contributed by atoms with van der Waals surface area (Å²) in [6.45, 7) is 0. The molecule has 0 saturated heterocycles. The first-order valence-electron chi connectivity index (χ1n) is 6.26. The minimum absolute atomic E-state index is 0.208. The lowest BCUT2D eigenvalue weighted by atomic mass is 10.2. The van der Waals surface area contributed by atoms with Crippen LogP contribution in [0.3, 0.4) is 0 Å². The number of amides is 1. The van der Waals surface area contributed by atoms with Gasteiger partial charge in [0, 0.05) is 16.8 Å². The molecule has 21 heavy (non-hydrogen) atoms. The van der Waals surface area contributed by atoms with Gasteiger partial charge in [0.05, 0.1) is 11.6 Å². The normalized spacial score (nSPS) is 10.2. The molecule has 0 atom stereocenters. The van der Waals surface area contributed by atoms with Crippen molar-refractivity contribution in [2.45, 2.75) is 0 Å². The van der Waals surface area contributed by atoms with Crippen molar-refractivity contribution < 1.29 is 9.21 Å². The number of nitriles is 1. The molecule has 0 aliphatic rings. The van der Waals surface area contributed by atoms with Crippen LogP contribution in [0.4, 0.5) is 11.4 Å². The zero-order valence-electron chi connectivity index (χ0n) is 11.0. The fourth-order valence-electron chi connectivity index (χ4n) is 1.99. The van der Waals surface area contributed by atoms with Crippen molar-refractivity contribution in [2.24, 2.45) is 0 Å². The third-order valence-corrected chi connectivity index (χ3v) is 3.04. The summed E-state index contributed by atoms with van der Waals surface area (Å²) in [7, 11) is 0. The summed E-state index contributed by atoms with van der Waals surface area (Å²) >= 11 is 0. The Labute approximate surface area is 120 Å². The summed E-state index contributed by atoms with van der Waals surface area (Å²) in [5.74, 6) is -0.144. The Morgan fingerprint density at radius 2 is 1.90 bits per heavy atom. The lowest BCUT2D eigenvalue weighted by molar-refractivity contribution is 0.0998. The van der Waals surface area contributed by atoms with Gasteiger partial charge in [-0.1, -0.05) is 0 Å². The van der Waals surface area contributed by atoms with Gasteiger partial charge in [-0.25, -0.2) is 0 Å². The van der Waals surface area contributed by atoms with Crippen molar-refractivity contribution in [3.63, 3.8) is 0 Å². The van der Waals surface area contributed by atoms with E-state index in [0.717, 1.165) is 5.39 Å². The fraction of sp³-hybridized carbons (Fsp3) is 0. The Balaban J connectivity index is 1.84. The summed E-state index contributed by atoms with van der Waals surface area (Å²) in [4.78, 5) is 12.1. The maximum Gasteiger partial charge on any atom is 0.291 e. The van der Waals surface area contributed by atoms with E-state index < -0.39 is 0 Å². The zero-order chi connectivity index (χ0) is 14.8. The molecule has 3 rings (SSSR count). The van der Waals surface area contributed by atoms with Gasteiger partial charge in [-0.05, 0) is 48.5 Å². The molecule has 102 valence electrons. The number of rotatable bonds is 2. The minimum atomic E-state index is -0.352. The quantitative estimate of drug-likeness (QED) is 0.704. The van der Waals surface area contributed by atoms with Crippen LogP contribution in [0.25, 0.3) is 11.0 Å². The van der Waals surface area contributed by atoms with Crippen LogP contribution in [0.1, 0.15) is 16.1 Å². The summed E-state index contributed by atoms with van der Waals surface area (Å²) in [6.07, 6.45) is 0. The van der Waals surface area contributed by atoms with Gasteiger partial charge in [0.15, 0.2) is 5.76 Å². The maximum atomic E-state index is 12.1. The van der Waals surface area contributed by atoms with Crippen molar-refractivity contribution in [2.75, 3.05) is 11.1 Å². The molecule has 0 unspecified atom stereocenters. The van der Waals surface area contributed by atoms with E-state index in [1.807, 2.05) is 6.07 Å². The Hall–Kier alpha value is -3.26. The third kappa shape index (κ3) is 2.55. The van der Waals surface area contributed by atoms with Crippen LogP contribution < -0.4 is 11.1 Å². The molecule has 0 aliphatic carbocycles. The van der Waals surface area contributed by atoms with Crippen molar-refractivity contribution in [3.05, 3.63) is 59.9 Å². The van der Waals surface area contributed by atoms with Crippen LogP contribution in [0, 0.1) is 11.3 Å².